The van der Waals surface area contributed by atoms with E-state index < -0.39 is 0 Å². The van der Waals surface area contributed by atoms with Crippen LogP contribution in [0.15, 0.2) is 24.3 Å². The number of amides is 1. The summed E-state index contributed by atoms with van der Waals surface area (Å²) in [7, 11) is 0. The molecule has 0 spiro atoms. The maximum Gasteiger partial charge on any atom is 0.227 e. The number of nitrogens with zero attached hydrogens (tertiary/aromatic N) is 1. The Morgan fingerprint density at radius 1 is 1.05 bits per heavy atom. The summed E-state index contributed by atoms with van der Waals surface area (Å²) in [6.07, 6.45) is 8.52. The number of benzene rings is 1. The van der Waals surface area contributed by atoms with Crippen LogP contribution >= 0.6 is 0 Å². The first-order valence-corrected chi connectivity index (χ1v) is 8.17. The standard InChI is InChI=1S/C18H23NO2/c20-17(13-14-5-2-1-3-6-14)15-8-10-16(11-9-15)19-12-4-7-18(19)21/h8-11,14H,1-7,12-13H2. The van der Waals surface area contributed by atoms with Crippen molar-refractivity contribution in [1.29, 1.82) is 0 Å². The Morgan fingerprint density at radius 3 is 2.38 bits per heavy atom. The molecule has 0 atom stereocenters. The van der Waals surface area contributed by atoms with Crippen molar-refractivity contribution >= 4 is 17.4 Å². The number of ketones is 1. The van der Waals surface area contributed by atoms with Gasteiger partial charge in [0.2, 0.25) is 5.91 Å². The molecule has 0 unspecified atom stereocenters. The first kappa shape index (κ1) is 14.3. The fourth-order valence-electron chi connectivity index (χ4n) is 3.52. The third-order valence-corrected chi connectivity index (χ3v) is 4.77. The van der Waals surface area contributed by atoms with Gasteiger partial charge >= 0.3 is 0 Å². The first-order chi connectivity index (χ1) is 10.2. The van der Waals surface area contributed by atoms with E-state index in [0.29, 0.717) is 18.8 Å². The van der Waals surface area contributed by atoms with Crippen LogP contribution in [0.1, 0.15) is 61.7 Å². The van der Waals surface area contributed by atoms with Crippen LogP contribution in [0.3, 0.4) is 0 Å². The molecule has 3 rings (SSSR count). The summed E-state index contributed by atoms with van der Waals surface area (Å²) in [5.41, 5.74) is 1.71. The summed E-state index contributed by atoms with van der Waals surface area (Å²) < 4.78 is 0. The monoisotopic (exact) mass is 285 g/mol. The molecule has 0 radical (unpaired) electrons. The van der Waals surface area contributed by atoms with E-state index in [9.17, 15) is 9.59 Å². The molecule has 1 aliphatic carbocycles. The number of carbonyl (C=O) groups is 2. The number of carbonyl (C=O) groups excluding carboxylic acids is 2. The van der Waals surface area contributed by atoms with E-state index in [1.54, 1.807) is 0 Å². The molecule has 1 heterocycles. The summed E-state index contributed by atoms with van der Waals surface area (Å²) in [6, 6.07) is 7.59. The molecule has 112 valence electrons. The predicted molar refractivity (Wildman–Crippen MR) is 83.6 cm³/mol. The molecular weight excluding hydrogens is 262 g/mol. The van der Waals surface area contributed by atoms with Crippen molar-refractivity contribution in [1.82, 2.24) is 0 Å². The van der Waals surface area contributed by atoms with Gasteiger partial charge in [0, 0.05) is 30.6 Å². The van der Waals surface area contributed by atoms with Gasteiger partial charge in [0.05, 0.1) is 0 Å². The van der Waals surface area contributed by atoms with Gasteiger partial charge in [0.25, 0.3) is 0 Å². The minimum absolute atomic E-state index is 0.191. The molecule has 1 aromatic carbocycles. The molecule has 3 nitrogen and oxygen atoms in total. The van der Waals surface area contributed by atoms with Gasteiger partial charge in [-0.1, -0.05) is 32.1 Å². The molecule has 1 saturated carbocycles. The van der Waals surface area contributed by atoms with Crippen molar-refractivity contribution in [2.45, 2.75) is 51.4 Å². The number of hydrogen-bond acceptors (Lipinski definition) is 2. The van der Waals surface area contributed by atoms with Gasteiger partial charge in [-0.25, -0.2) is 0 Å². The van der Waals surface area contributed by atoms with Crippen LogP contribution in [0.4, 0.5) is 5.69 Å². The van der Waals surface area contributed by atoms with Crippen molar-refractivity contribution in [3.8, 4) is 0 Å². The van der Waals surface area contributed by atoms with Crippen LogP contribution in [0.5, 0.6) is 0 Å². The second kappa shape index (κ2) is 6.42. The smallest absolute Gasteiger partial charge is 0.227 e. The maximum absolute atomic E-state index is 12.3. The molecule has 2 fully saturated rings. The van der Waals surface area contributed by atoms with Gasteiger partial charge in [-0.15, -0.1) is 0 Å². The lowest BCUT2D eigenvalue weighted by Gasteiger charge is -2.21. The van der Waals surface area contributed by atoms with Crippen molar-refractivity contribution < 1.29 is 9.59 Å². The molecular formula is C18H23NO2. The lowest BCUT2D eigenvalue weighted by molar-refractivity contribution is -0.117. The third kappa shape index (κ3) is 3.34. The van der Waals surface area contributed by atoms with E-state index >= 15 is 0 Å². The van der Waals surface area contributed by atoms with E-state index in [2.05, 4.69) is 0 Å². The minimum atomic E-state index is 0.191. The average molecular weight is 285 g/mol. The van der Waals surface area contributed by atoms with E-state index in [0.717, 1.165) is 24.2 Å². The summed E-state index contributed by atoms with van der Waals surface area (Å²) in [4.78, 5) is 25.9. The second-order valence-corrected chi connectivity index (χ2v) is 6.33. The topological polar surface area (TPSA) is 37.4 Å². The number of anilines is 1. The van der Waals surface area contributed by atoms with Gasteiger partial charge in [0.1, 0.15) is 0 Å². The molecule has 1 aliphatic heterocycles. The van der Waals surface area contributed by atoms with Gasteiger partial charge in [-0.2, -0.15) is 0 Å². The lowest BCUT2D eigenvalue weighted by Crippen LogP contribution is -2.23. The van der Waals surface area contributed by atoms with Crippen molar-refractivity contribution in [3.63, 3.8) is 0 Å². The van der Waals surface area contributed by atoms with E-state index in [1.807, 2.05) is 29.2 Å². The Morgan fingerprint density at radius 2 is 1.76 bits per heavy atom. The molecule has 0 aromatic heterocycles. The van der Waals surface area contributed by atoms with Crippen LogP contribution in [0.25, 0.3) is 0 Å². The van der Waals surface area contributed by atoms with Crippen LogP contribution in [0.2, 0.25) is 0 Å². The number of Topliss-reactive ketones (excluding diaryl/α,β-unsaturated/α-hetero) is 1. The Bertz CT molecular complexity index is 515. The summed E-state index contributed by atoms with van der Waals surface area (Å²) in [5.74, 6) is 1.02. The molecule has 21 heavy (non-hydrogen) atoms. The fraction of sp³-hybridized carbons (Fsp3) is 0.556. The SMILES string of the molecule is O=C(CC1CCCCC1)c1ccc(N2CCCC2=O)cc1. The predicted octanol–water partition coefficient (Wildman–Crippen LogP) is 3.97. The lowest BCUT2D eigenvalue weighted by atomic mass is 9.85. The highest BCUT2D eigenvalue weighted by Crippen LogP contribution is 2.28. The highest BCUT2D eigenvalue weighted by molar-refractivity contribution is 5.98. The average Bonchev–Trinajstić information content (AvgIpc) is 2.94. The quantitative estimate of drug-likeness (QED) is 0.785. The summed E-state index contributed by atoms with van der Waals surface area (Å²) in [5, 5.41) is 0. The van der Waals surface area contributed by atoms with Crippen LogP contribution < -0.4 is 4.90 Å². The zero-order chi connectivity index (χ0) is 14.7. The van der Waals surface area contributed by atoms with Crippen molar-refractivity contribution in [3.05, 3.63) is 29.8 Å². The second-order valence-electron chi connectivity index (χ2n) is 6.33. The Labute approximate surface area is 126 Å². The van der Waals surface area contributed by atoms with Gasteiger partial charge in [-0.3, -0.25) is 9.59 Å². The highest BCUT2D eigenvalue weighted by Gasteiger charge is 2.22. The molecule has 1 aromatic rings. The zero-order valence-electron chi connectivity index (χ0n) is 12.5. The minimum Gasteiger partial charge on any atom is -0.312 e. The highest BCUT2D eigenvalue weighted by atomic mass is 16.2. The Hall–Kier alpha value is -1.64. The molecule has 2 aliphatic rings. The largest absolute Gasteiger partial charge is 0.312 e. The molecule has 0 N–H and O–H groups in total. The summed E-state index contributed by atoms with van der Waals surface area (Å²) in [6.45, 7) is 0.800. The van der Waals surface area contributed by atoms with Gasteiger partial charge in [-0.05, 0) is 36.6 Å². The molecule has 1 saturated heterocycles. The Balaban J connectivity index is 1.63. The molecule has 0 bridgehead atoms. The van der Waals surface area contributed by atoms with Crippen molar-refractivity contribution in [2.24, 2.45) is 5.92 Å². The summed E-state index contributed by atoms with van der Waals surface area (Å²) >= 11 is 0. The molecule has 1 amide bonds. The zero-order valence-corrected chi connectivity index (χ0v) is 12.5. The van der Waals surface area contributed by atoms with Gasteiger partial charge < -0.3 is 4.90 Å². The fourth-order valence-corrected chi connectivity index (χ4v) is 3.52. The number of hydrogen-bond donors (Lipinski definition) is 0. The Kier molecular flexibility index (Phi) is 4.37. The van der Waals surface area contributed by atoms with Gasteiger partial charge in [0.15, 0.2) is 5.78 Å². The first-order valence-electron chi connectivity index (χ1n) is 8.17. The van der Waals surface area contributed by atoms with Crippen LogP contribution in [0, 0.1) is 5.92 Å². The third-order valence-electron chi connectivity index (χ3n) is 4.77. The van der Waals surface area contributed by atoms with E-state index in [-0.39, 0.29) is 11.7 Å². The van der Waals surface area contributed by atoms with Crippen molar-refractivity contribution in [2.75, 3.05) is 11.4 Å². The van der Waals surface area contributed by atoms with E-state index in [1.165, 1.54) is 32.1 Å². The van der Waals surface area contributed by atoms with Crippen LogP contribution in [-0.2, 0) is 4.79 Å². The normalized spacial score (nSPS) is 20.0. The van der Waals surface area contributed by atoms with Crippen LogP contribution in [-0.4, -0.2) is 18.2 Å². The van der Waals surface area contributed by atoms with E-state index in [4.69, 9.17) is 0 Å². The molecule has 3 heteroatoms. The maximum atomic E-state index is 12.3. The number of rotatable bonds is 4.